The molecule has 0 radical (unpaired) electrons. The molecule has 0 aliphatic heterocycles. The zero-order valence-electron chi connectivity index (χ0n) is 11.2. The normalized spacial score (nSPS) is 19.8. The van der Waals surface area contributed by atoms with Crippen molar-refractivity contribution in [1.82, 2.24) is 4.90 Å². The first-order chi connectivity index (χ1) is 7.31. The highest BCUT2D eigenvalue weighted by Crippen LogP contribution is 2.39. The zero-order chi connectivity index (χ0) is 12.4. The van der Waals surface area contributed by atoms with Gasteiger partial charge in [0.05, 0.1) is 0 Å². The first-order valence-corrected chi connectivity index (χ1v) is 6.26. The lowest BCUT2D eigenvalue weighted by molar-refractivity contribution is -0.140. The lowest BCUT2D eigenvalue weighted by Gasteiger charge is -2.34. The van der Waals surface area contributed by atoms with Crippen LogP contribution in [0.15, 0.2) is 0 Å². The van der Waals surface area contributed by atoms with E-state index in [1.54, 1.807) is 0 Å². The molecule has 1 saturated carbocycles. The Bertz CT molecular complexity index is 255. The van der Waals surface area contributed by atoms with Gasteiger partial charge in [-0.15, -0.1) is 0 Å². The first kappa shape index (κ1) is 13.5. The SMILES string of the molecule is CN(CC(C)(C)CN)C(=O)C1(C)CCCC1. The number of nitrogens with two attached hydrogens (primary N) is 1. The van der Waals surface area contributed by atoms with Gasteiger partial charge in [0.2, 0.25) is 5.91 Å². The molecule has 1 rings (SSSR count). The monoisotopic (exact) mass is 226 g/mol. The van der Waals surface area contributed by atoms with Crippen molar-refractivity contribution in [2.24, 2.45) is 16.6 Å². The van der Waals surface area contributed by atoms with E-state index < -0.39 is 0 Å². The summed E-state index contributed by atoms with van der Waals surface area (Å²) in [6.45, 7) is 7.68. The maximum Gasteiger partial charge on any atom is 0.228 e. The second-order valence-corrected chi connectivity index (χ2v) is 6.30. The van der Waals surface area contributed by atoms with Crippen LogP contribution < -0.4 is 5.73 Å². The van der Waals surface area contributed by atoms with E-state index in [-0.39, 0.29) is 10.8 Å². The molecule has 0 heterocycles. The van der Waals surface area contributed by atoms with Gasteiger partial charge in [0, 0.05) is 19.0 Å². The van der Waals surface area contributed by atoms with Gasteiger partial charge in [0.15, 0.2) is 0 Å². The van der Waals surface area contributed by atoms with Gasteiger partial charge in [-0.2, -0.15) is 0 Å². The molecule has 2 N–H and O–H groups in total. The maximum absolute atomic E-state index is 12.3. The molecule has 1 amide bonds. The average molecular weight is 226 g/mol. The Morgan fingerprint density at radius 2 is 1.88 bits per heavy atom. The molecule has 0 atom stereocenters. The highest BCUT2D eigenvalue weighted by atomic mass is 16.2. The van der Waals surface area contributed by atoms with Gasteiger partial charge in [0.25, 0.3) is 0 Å². The number of hydrogen-bond donors (Lipinski definition) is 1. The van der Waals surface area contributed by atoms with Gasteiger partial charge in [-0.05, 0) is 24.8 Å². The molecule has 0 aromatic carbocycles. The molecule has 3 nitrogen and oxygen atoms in total. The predicted molar refractivity (Wildman–Crippen MR) is 67.0 cm³/mol. The van der Waals surface area contributed by atoms with E-state index >= 15 is 0 Å². The van der Waals surface area contributed by atoms with Gasteiger partial charge in [-0.25, -0.2) is 0 Å². The Labute approximate surface area is 99.4 Å². The summed E-state index contributed by atoms with van der Waals surface area (Å²) in [4.78, 5) is 14.2. The summed E-state index contributed by atoms with van der Waals surface area (Å²) in [5.74, 6) is 0.298. The minimum absolute atomic E-state index is 0.0133. The molecule has 1 aliphatic carbocycles. The van der Waals surface area contributed by atoms with Crippen molar-refractivity contribution in [3.8, 4) is 0 Å². The average Bonchev–Trinajstić information content (AvgIpc) is 2.64. The molecule has 16 heavy (non-hydrogen) atoms. The van der Waals surface area contributed by atoms with Gasteiger partial charge < -0.3 is 10.6 Å². The van der Waals surface area contributed by atoms with Gasteiger partial charge >= 0.3 is 0 Å². The molecule has 0 unspecified atom stereocenters. The number of carbonyl (C=O) groups excluding carboxylic acids is 1. The fraction of sp³-hybridized carbons (Fsp3) is 0.923. The number of hydrogen-bond acceptors (Lipinski definition) is 2. The fourth-order valence-corrected chi connectivity index (χ4v) is 2.61. The first-order valence-electron chi connectivity index (χ1n) is 6.26. The molecule has 0 bridgehead atoms. The van der Waals surface area contributed by atoms with E-state index in [4.69, 9.17) is 5.73 Å². The second-order valence-electron chi connectivity index (χ2n) is 6.30. The van der Waals surface area contributed by atoms with E-state index in [9.17, 15) is 4.79 Å². The van der Waals surface area contributed by atoms with E-state index in [2.05, 4.69) is 20.8 Å². The molecular formula is C13H26N2O. The molecule has 1 aliphatic rings. The predicted octanol–water partition coefficient (Wildman–Crippen LogP) is 2.01. The Morgan fingerprint density at radius 3 is 2.31 bits per heavy atom. The number of amides is 1. The number of rotatable bonds is 4. The molecule has 1 fully saturated rings. The number of carbonyl (C=O) groups is 1. The molecule has 3 heteroatoms. The van der Waals surface area contributed by atoms with Crippen LogP contribution >= 0.6 is 0 Å². The van der Waals surface area contributed by atoms with Crippen LogP contribution in [0.1, 0.15) is 46.5 Å². The van der Waals surface area contributed by atoms with Crippen molar-refractivity contribution < 1.29 is 4.79 Å². The Balaban J connectivity index is 2.60. The van der Waals surface area contributed by atoms with Crippen molar-refractivity contribution in [2.75, 3.05) is 20.1 Å². The van der Waals surface area contributed by atoms with E-state index in [1.807, 2.05) is 11.9 Å². The Morgan fingerprint density at radius 1 is 1.38 bits per heavy atom. The molecule has 0 aromatic rings. The Hall–Kier alpha value is -0.570. The summed E-state index contributed by atoms with van der Waals surface area (Å²) in [6, 6.07) is 0. The van der Waals surface area contributed by atoms with Crippen LogP contribution in [-0.2, 0) is 4.79 Å². The summed E-state index contributed by atoms with van der Waals surface area (Å²) in [6.07, 6.45) is 4.46. The topological polar surface area (TPSA) is 46.3 Å². The lowest BCUT2D eigenvalue weighted by Crippen LogP contribution is -2.45. The second kappa shape index (κ2) is 4.74. The third-order valence-corrected chi connectivity index (χ3v) is 3.79. The fourth-order valence-electron chi connectivity index (χ4n) is 2.61. The van der Waals surface area contributed by atoms with Crippen LogP contribution in [0.5, 0.6) is 0 Å². The molecule has 0 saturated heterocycles. The zero-order valence-corrected chi connectivity index (χ0v) is 11.2. The highest BCUT2D eigenvalue weighted by Gasteiger charge is 2.38. The third kappa shape index (κ3) is 2.97. The van der Waals surface area contributed by atoms with Crippen LogP contribution in [0.4, 0.5) is 0 Å². The third-order valence-electron chi connectivity index (χ3n) is 3.79. The van der Waals surface area contributed by atoms with Crippen molar-refractivity contribution in [1.29, 1.82) is 0 Å². The van der Waals surface area contributed by atoms with Crippen LogP contribution in [0, 0.1) is 10.8 Å². The number of nitrogens with zero attached hydrogens (tertiary/aromatic N) is 1. The highest BCUT2D eigenvalue weighted by molar-refractivity contribution is 5.82. The van der Waals surface area contributed by atoms with Crippen LogP contribution in [0.3, 0.4) is 0 Å². The smallest absolute Gasteiger partial charge is 0.228 e. The van der Waals surface area contributed by atoms with Crippen LogP contribution in [0.2, 0.25) is 0 Å². The van der Waals surface area contributed by atoms with Gasteiger partial charge in [-0.3, -0.25) is 4.79 Å². The van der Waals surface area contributed by atoms with Crippen molar-refractivity contribution in [2.45, 2.75) is 46.5 Å². The molecule has 94 valence electrons. The van der Waals surface area contributed by atoms with Crippen LogP contribution in [-0.4, -0.2) is 30.9 Å². The maximum atomic E-state index is 12.3. The standard InChI is InChI=1S/C13H26N2O/c1-12(2,9-14)10-15(4)11(16)13(3)7-5-6-8-13/h5-10,14H2,1-4H3. The summed E-state index contributed by atoms with van der Waals surface area (Å²) in [7, 11) is 1.91. The Kier molecular flexibility index (Phi) is 4.00. The molecular weight excluding hydrogens is 200 g/mol. The van der Waals surface area contributed by atoms with E-state index in [1.165, 1.54) is 12.8 Å². The minimum atomic E-state index is -0.112. The minimum Gasteiger partial charge on any atom is -0.345 e. The van der Waals surface area contributed by atoms with Gasteiger partial charge in [0.1, 0.15) is 0 Å². The lowest BCUT2D eigenvalue weighted by atomic mass is 9.86. The van der Waals surface area contributed by atoms with E-state index in [0.29, 0.717) is 12.5 Å². The molecule has 0 spiro atoms. The van der Waals surface area contributed by atoms with Crippen molar-refractivity contribution >= 4 is 5.91 Å². The van der Waals surface area contributed by atoms with Crippen LogP contribution in [0.25, 0.3) is 0 Å². The summed E-state index contributed by atoms with van der Waals surface area (Å²) in [5, 5.41) is 0. The van der Waals surface area contributed by atoms with Crippen molar-refractivity contribution in [3.05, 3.63) is 0 Å². The quantitative estimate of drug-likeness (QED) is 0.797. The summed E-state index contributed by atoms with van der Waals surface area (Å²) in [5.41, 5.74) is 5.60. The van der Waals surface area contributed by atoms with E-state index in [0.717, 1.165) is 19.4 Å². The van der Waals surface area contributed by atoms with Gasteiger partial charge in [-0.1, -0.05) is 33.6 Å². The van der Waals surface area contributed by atoms with Crippen molar-refractivity contribution in [3.63, 3.8) is 0 Å². The molecule has 0 aromatic heterocycles. The summed E-state index contributed by atoms with van der Waals surface area (Å²) < 4.78 is 0. The largest absolute Gasteiger partial charge is 0.345 e. The summed E-state index contributed by atoms with van der Waals surface area (Å²) >= 11 is 0.